The van der Waals surface area contributed by atoms with Crippen LogP contribution in [0.1, 0.15) is 65.7 Å². The van der Waals surface area contributed by atoms with E-state index in [1.54, 1.807) is 0 Å². The first-order valence-electron chi connectivity index (χ1n) is 6.38. The molecule has 0 heterocycles. The standard InChI is InChI=1S/C13H26O/c1-4-11-8-7-9-13(14,10-11)12(5-2)6-3/h11-12,14H,4-10H2,1-3H3. The lowest BCUT2D eigenvalue weighted by molar-refractivity contribution is -0.0681. The topological polar surface area (TPSA) is 20.2 Å². The summed E-state index contributed by atoms with van der Waals surface area (Å²) in [5.41, 5.74) is -0.331. The van der Waals surface area contributed by atoms with Gasteiger partial charge in [0.25, 0.3) is 0 Å². The van der Waals surface area contributed by atoms with Gasteiger partial charge >= 0.3 is 0 Å². The monoisotopic (exact) mass is 198 g/mol. The lowest BCUT2D eigenvalue weighted by Crippen LogP contribution is -2.42. The molecule has 0 aromatic heterocycles. The lowest BCUT2D eigenvalue weighted by Gasteiger charge is -2.42. The molecular weight excluding hydrogens is 172 g/mol. The zero-order valence-electron chi connectivity index (χ0n) is 10.1. The van der Waals surface area contributed by atoms with Crippen LogP contribution >= 0.6 is 0 Å². The maximum atomic E-state index is 10.6. The highest BCUT2D eigenvalue weighted by Crippen LogP contribution is 2.41. The van der Waals surface area contributed by atoms with Gasteiger partial charge in [0, 0.05) is 0 Å². The van der Waals surface area contributed by atoms with Crippen LogP contribution in [-0.2, 0) is 0 Å². The molecule has 1 N–H and O–H groups in total. The predicted octanol–water partition coefficient (Wildman–Crippen LogP) is 3.75. The molecule has 0 saturated heterocycles. The van der Waals surface area contributed by atoms with Gasteiger partial charge in [0.1, 0.15) is 0 Å². The fraction of sp³-hybridized carbons (Fsp3) is 1.00. The van der Waals surface area contributed by atoms with Crippen LogP contribution in [0.25, 0.3) is 0 Å². The van der Waals surface area contributed by atoms with Gasteiger partial charge in [-0.3, -0.25) is 0 Å². The molecule has 1 rings (SSSR count). The van der Waals surface area contributed by atoms with Crippen molar-refractivity contribution in [3.63, 3.8) is 0 Å². The Bertz CT molecular complexity index is 163. The molecule has 2 unspecified atom stereocenters. The molecule has 1 fully saturated rings. The largest absolute Gasteiger partial charge is 0.390 e. The highest BCUT2D eigenvalue weighted by Gasteiger charge is 2.38. The molecule has 0 bridgehead atoms. The number of rotatable bonds is 4. The molecule has 0 aromatic carbocycles. The number of hydrogen-bond acceptors (Lipinski definition) is 1. The fourth-order valence-corrected chi connectivity index (χ4v) is 3.17. The minimum absolute atomic E-state index is 0.331. The Morgan fingerprint density at radius 2 is 1.93 bits per heavy atom. The van der Waals surface area contributed by atoms with E-state index in [1.165, 1.54) is 19.3 Å². The second kappa shape index (κ2) is 5.16. The molecule has 2 atom stereocenters. The van der Waals surface area contributed by atoms with E-state index in [-0.39, 0.29) is 5.60 Å². The van der Waals surface area contributed by atoms with Gasteiger partial charge in [0.05, 0.1) is 5.60 Å². The van der Waals surface area contributed by atoms with Crippen LogP contribution in [-0.4, -0.2) is 10.7 Å². The Kier molecular flexibility index (Phi) is 4.43. The maximum absolute atomic E-state index is 10.6. The smallest absolute Gasteiger partial charge is 0.0678 e. The third-order valence-electron chi connectivity index (χ3n) is 4.19. The van der Waals surface area contributed by atoms with Gasteiger partial charge in [-0.2, -0.15) is 0 Å². The van der Waals surface area contributed by atoms with Gasteiger partial charge in [-0.15, -0.1) is 0 Å². The highest BCUT2D eigenvalue weighted by molar-refractivity contribution is 4.90. The molecule has 0 aromatic rings. The first-order chi connectivity index (χ1) is 6.66. The van der Waals surface area contributed by atoms with Crippen molar-refractivity contribution < 1.29 is 5.11 Å². The van der Waals surface area contributed by atoms with Gasteiger partial charge < -0.3 is 5.11 Å². The van der Waals surface area contributed by atoms with Crippen molar-refractivity contribution in [3.05, 3.63) is 0 Å². The summed E-state index contributed by atoms with van der Waals surface area (Å²) in [5, 5.41) is 10.6. The molecule has 1 saturated carbocycles. The third kappa shape index (κ3) is 2.50. The molecule has 1 heteroatoms. The van der Waals surface area contributed by atoms with Crippen LogP contribution in [0.2, 0.25) is 0 Å². The van der Waals surface area contributed by atoms with Crippen molar-refractivity contribution in [2.24, 2.45) is 11.8 Å². The Hall–Kier alpha value is -0.0400. The molecule has 1 nitrogen and oxygen atoms in total. The summed E-state index contributed by atoms with van der Waals surface area (Å²) in [6, 6.07) is 0. The summed E-state index contributed by atoms with van der Waals surface area (Å²) in [4.78, 5) is 0. The van der Waals surface area contributed by atoms with Crippen molar-refractivity contribution >= 4 is 0 Å². The van der Waals surface area contributed by atoms with Crippen molar-refractivity contribution in [2.75, 3.05) is 0 Å². The Morgan fingerprint density at radius 1 is 1.29 bits per heavy atom. The van der Waals surface area contributed by atoms with E-state index in [2.05, 4.69) is 20.8 Å². The van der Waals surface area contributed by atoms with Crippen LogP contribution in [0.3, 0.4) is 0 Å². The second-order valence-electron chi connectivity index (χ2n) is 4.99. The minimum Gasteiger partial charge on any atom is -0.390 e. The van der Waals surface area contributed by atoms with E-state index in [4.69, 9.17) is 0 Å². The van der Waals surface area contributed by atoms with Crippen molar-refractivity contribution in [3.8, 4) is 0 Å². The van der Waals surface area contributed by atoms with Crippen LogP contribution in [0.15, 0.2) is 0 Å². The van der Waals surface area contributed by atoms with E-state index >= 15 is 0 Å². The SMILES string of the molecule is CCC1CCCC(O)(C(CC)CC)C1. The zero-order chi connectivity index (χ0) is 10.6. The average molecular weight is 198 g/mol. The van der Waals surface area contributed by atoms with Crippen LogP contribution < -0.4 is 0 Å². The fourth-order valence-electron chi connectivity index (χ4n) is 3.17. The molecule has 0 spiro atoms. The lowest BCUT2D eigenvalue weighted by atomic mass is 9.69. The first-order valence-corrected chi connectivity index (χ1v) is 6.38. The van der Waals surface area contributed by atoms with Gasteiger partial charge in [-0.1, -0.05) is 52.9 Å². The summed E-state index contributed by atoms with van der Waals surface area (Å²) in [6.45, 7) is 6.67. The number of hydrogen-bond donors (Lipinski definition) is 1. The van der Waals surface area contributed by atoms with E-state index in [0.29, 0.717) is 5.92 Å². The van der Waals surface area contributed by atoms with Crippen LogP contribution in [0, 0.1) is 11.8 Å². The molecule has 1 aliphatic carbocycles. The van der Waals surface area contributed by atoms with Gasteiger partial charge in [-0.25, -0.2) is 0 Å². The first kappa shape index (κ1) is 12.0. The van der Waals surface area contributed by atoms with E-state index in [1.807, 2.05) is 0 Å². The summed E-state index contributed by atoms with van der Waals surface area (Å²) >= 11 is 0. The minimum atomic E-state index is -0.331. The molecule has 14 heavy (non-hydrogen) atoms. The van der Waals surface area contributed by atoms with E-state index in [9.17, 15) is 5.11 Å². The third-order valence-corrected chi connectivity index (χ3v) is 4.19. The predicted molar refractivity (Wildman–Crippen MR) is 61.3 cm³/mol. The molecule has 1 aliphatic rings. The summed E-state index contributed by atoms with van der Waals surface area (Å²) in [6.07, 6.45) is 8.14. The van der Waals surface area contributed by atoms with Crippen molar-refractivity contribution in [1.29, 1.82) is 0 Å². The summed E-state index contributed by atoms with van der Waals surface area (Å²) in [7, 11) is 0. The van der Waals surface area contributed by atoms with Crippen molar-refractivity contribution in [1.82, 2.24) is 0 Å². The quantitative estimate of drug-likeness (QED) is 0.729. The van der Waals surface area contributed by atoms with Gasteiger partial charge in [0.15, 0.2) is 0 Å². The molecule has 0 amide bonds. The van der Waals surface area contributed by atoms with Gasteiger partial charge in [0.2, 0.25) is 0 Å². The highest BCUT2D eigenvalue weighted by atomic mass is 16.3. The molecule has 84 valence electrons. The molecule has 0 aliphatic heterocycles. The Labute approximate surface area is 88.9 Å². The van der Waals surface area contributed by atoms with Gasteiger partial charge in [-0.05, 0) is 24.7 Å². The Balaban J connectivity index is 2.61. The maximum Gasteiger partial charge on any atom is 0.0678 e. The van der Waals surface area contributed by atoms with E-state index in [0.717, 1.165) is 31.6 Å². The average Bonchev–Trinajstić information content (AvgIpc) is 2.19. The molecular formula is C13H26O. The van der Waals surface area contributed by atoms with Crippen molar-refractivity contribution in [2.45, 2.75) is 71.3 Å². The normalized spacial score (nSPS) is 33.6. The summed E-state index contributed by atoms with van der Waals surface area (Å²) < 4.78 is 0. The summed E-state index contributed by atoms with van der Waals surface area (Å²) in [5.74, 6) is 1.30. The second-order valence-corrected chi connectivity index (χ2v) is 4.99. The van der Waals surface area contributed by atoms with E-state index < -0.39 is 0 Å². The van der Waals surface area contributed by atoms with Crippen LogP contribution in [0.5, 0.6) is 0 Å². The molecule has 0 radical (unpaired) electrons. The zero-order valence-corrected chi connectivity index (χ0v) is 10.1. The Morgan fingerprint density at radius 3 is 2.43 bits per heavy atom. The number of aliphatic hydroxyl groups is 1. The van der Waals surface area contributed by atoms with Crippen LogP contribution in [0.4, 0.5) is 0 Å².